The maximum atomic E-state index is 14.8. The van der Waals surface area contributed by atoms with Crippen LogP contribution in [0.15, 0.2) is 60.7 Å². The Kier molecular flexibility index (Phi) is 5.38. The van der Waals surface area contributed by atoms with Crippen LogP contribution in [0.25, 0.3) is 0 Å². The van der Waals surface area contributed by atoms with Gasteiger partial charge in [-0.05, 0) is 67.3 Å². The number of hydrogen-bond donors (Lipinski definition) is 2. The van der Waals surface area contributed by atoms with Gasteiger partial charge in [0.15, 0.2) is 17.3 Å². The molecule has 3 aromatic rings. The largest absolute Gasteiger partial charge is 0.493 e. The Balaban J connectivity index is 1.55. The minimum absolute atomic E-state index is 0.186. The van der Waals surface area contributed by atoms with E-state index in [0.29, 0.717) is 47.0 Å². The minimum atomic E-state index is -1.47. The second-order valence-corrected chi connectivity index (χ2v) is 11.0. The van der Waals surface area contributed by atoms with Crippen molar-refractivity contribution >= 4 is 29.0 Å². The van der Waals surface area contributed by atoms with Gasteiger partial charge in [0.1, 0.15) is 11.0 Å². The van der Waals surface area contributed by atoms with Gasteiger partial charge in [0, 0.05) is 28.5 Å². The highest BCUT2D eigenvalue weighted by Gasteiger charge is 2.81. The molecule has 8 nitrogen and oxygen atoms in total. The van der Waals surface area contributed by atoms with Crippen LogP contribution in [0.5, 0.6) is 11.5 Å². The highest BCUT2D eigenvalue weighted by atomic mass is 16.5. The van der Waals surface area contributed by atoms with Crippen LogP contribution in [0.4, 0.5) is 11.4 Å². The molecule has 4 unspecified atom stereocenters. The zero-order chi connectivity index (χ0) is 27.8. The van der Waals surface area contributed by atoms with Crippen LogP contribution in [0.1, 0.15) is 46.8 Å². The summed E-state index contributed by atoms with van der Waals surface area (Å²) in [6.45, 7) is 2.68. The Labute approximate surface area is 232 Å². The van der Waals surface area contributed by atoms with E-state index >= 15 is 0 Å². The third-order valence-corrected chi connectivity index (χ3v) is 9.52. The average Bonchev–Trinajstić information content (AvgIpc) is 3.70. The van der Waals surface area contributed by atoms with Gasteiger partial charge in [-0.3, -0.25) is 19.3 Å². The van der Waals surface area contributed by atoms with Crippen molar-refractivity contribution in [3.8, 4) is 11.5 Å². The first-order chi connectivity index (χ1) is 19.4. The quantitative estimate of drug-likeness (QED) is 0.472. The lowest BCUT2D eigenvalue weighted by atomic mass is 9.57. The first-order valence-corrected chi connectivity index (χ1v) is 13.8. The first-order valence-electron chi connectivity index (χ1n) is 13.8. The lowest BCUT2D eigenvalue weighted by Crippen LogP contribution is -2.62. The van der Waals surface area contributed by atoms with Crippen LogP contribution in [0.2, 0.25) is 0 Å². The zero-order valence-electron chi connectivity index (χ0n) is 22.7. The van der Waals surface area contributed by atoms with Gasteiger partial charge in [-0.25, -0.2) is 0 Å². The Morgan fingerprint density at radius 3 is 2.45 bits per heavy atom. The van der Waals surface area contributed by atoms with E-state index < -0.39 is 16.9 Å². The fourth-order valence-electron chi connectivity index (χ4n) is 8.01. The fourth-order valence-corrected chi connectivity index (χ4v) is 8.01. The number of benzene rings is 3. The molecule has 3 aromatic carbocycles. The monoisotopic (exact) mass is 537 g/mol. The summed E-state index contributed by atoms with van der Waals surface area (Å²) in [6, 6.07) is 18.3. The van der Waals surface area contributed by atoms with E-state index in [-0.39, 0.29) is 23.6 Å². The number of nitrogens with one attached hydrogen (secondary N) is 2. The molecule has 40 heavy (non-hydrogen) atoms. The predicted molar refractivity (Wildman–Crippen MR) is 150 cm³/mol. The lowest BCUT2D eigenvalue weighted by molar-refractivity contribution is -0.137. The highest BCUT2D eigenvalue weighted by molar-refractivity contribution is 6.21. The molecule has 0 aromatic heterocycles. The summed E-state index contributed by atoms with van der Waals surface area (Å²) in [5.41, 5.74) is 1.46. The molecule has 2 N–H and O–H groups in total. The number of Topliss-reactive ketones (excluding diaryl/α,β-unsaturated/α-hetero) is 1. The number of para-hydroxylation sites is 1. The predicted octanol–water partition coefficient (Wildman–Crippen LogP) is 4.28. The second kappa shape index (κ2) is 8.66. The van der Waals surface area contributed by atoms with Gasteiger partial charge in [-0.15, -0.1) is 0 Å². The van der Waals surface area contributed by atoms with E-state index in [2.05, 4.69) is 28.5 Å². The van der Waals surface area contributed by atoms with E-state index in [0.717, 1.165) is 24.0 Å². The maximum Gasteiger partial charge on any atom is 0.251 e. The Morgan fingerprint density at radius 2 is 1.68 bits per heavy atom. The summed E-state index contributed by atoms with van der Waals surface area (Å²) in [5.74, 6) is -0.609. The van der Waals surface area contributed by atoms with Crippen LogP contribution in [0.3, 0.4) is 0 Å². The Bertz CT molecular complexity index is 1600. The van der Waals surface area contributed by atoms with Crippen molar-refractivity contribution in [3.05, 3.63) is 82.9 Å². The topological polar surface area (TPSA) is 97.0 Å². The van der Waals surface area contributed by atoms with E-state index in [4.69, 9.17) is 9.47 Å². The number of methoxy groups -OCH3 is 2. The van der Waals surface area contributed by atoms with Gasteiger partial charge in [0.2, 0.25) is 5.91 Å². The molecule has 2 saturated heterocycles. The van der Waals surface area contributed by atoms with Crippen LogP contribution >= 0.6 is 0 Å². The summed E-state index contributed by atoms with van der Waals surface area (Å²) in [5, 5.41) is 6.21. The number of nitrogens with zero attached hydrogens (tertiary/aromatic N) is 1. The Morgan fingerprint density at radius 1 is 0.925 bits per heavy atom. The Hall–Kier alpha value is -4.17. The number of carbonyl (C=O) groups is 3. The second-order valence-electron chi connectivity index (χ2n) is 11.0. The molecule has 4 aliphatic heterocycles. The van der Waals surface area contributed by atoms with E-state index in [1.165, 1.54) is 7.11 Å². The van der Waals surface area contributed by atoms with Crippen molar-refractivity contribution < 1.29 is 23.9 Å². The standard InChI is InChI=1S/C32H31N3O5/c1-4-18-11-13-23-21(16-18)32(30(38)34-23)31(20-8-5-6-9-22(20)33-29(31)37)27(24-10-7-15-35(24)32)28(36)19-12-14-25(39-2)26(17-19)40-3/h5-6,8-9,11-14,16-17,24,27H,4,7,10,15H2,1-3H3,(H,33,37)(H,34,38). The van der Waals surface area contributed by atoms with Crippen molar-refractivity contribution in [2.45, 2.75) is 43.2 Å². The summed E-state index contributed by atoms with van der Waals surface area (Å²) in [4.78, 5) is 46.1. The summed E-state index contributed by atoms with van der Waals surface area (Å²) >= 11 is 0. The van der Waals surface area contributed by atoms with Crippen molar-refractivity contribution in [1.29, 1.82) is 0 Å². The van der Waals surface area contributed by atoms with Gasteiger partial charge in [0.05, 0.1) is 20.1 Å². The number of fused-ring (bicyclic) bond motifs is 7. The number of anilines is 2. The third-order valence-electron chi connectivity index (χ3n) is 9.52. The maximum absolute atomic E-state index is 14.8. The lowest BCUT2D eigenvalue weighted by Gasteiger charge is -2.43. The van der Waals surface area contributed by atoms with E-state index in [9.17, 15) is 14.4 Å². The molecular formula is C32H31N3O5. The minimum Gasteiger partial charge on any atom is -0.493 e. The molecule has 2 fully saturated rings. The molecule has 2 amide bonds. The van der Waals surface area contributed by atoms with Gasteiger partial charge < -0.3 is 20.1 Å². The number of rotatable bonds is 5. The molecule has 0 radical (unpaired) electrons. The molecular weight excluding hydrogens is 506 g/mol. The van der Waals surface area contributed by atoms with Crippen molar-refractivity contribution in [1.82, 2.24) is 4.90 Å². The summed E-state index contributed by atoms with van der Waals surface area (Å²) in [6.07, 6.45) is 2.32. The van der Waals surface area contributed by atoms with Crippen molar-refractivity contribution in [2.24, 2.45) is 5.92 Å². The zero-order valence-corrected chi connectivity index (χ0v) is 22.7. The third kappa shape index (κ3) is 2.81. The molecule has 8 heteroatoms. The van der Waals surface area contributed by atoms with Crippen LogP contribution < -0.4 is 20.1 Å². The highest BCUT2D eigenvalue weighted by Crippen LogP contribution is 2.68. The van der Waals surface area contributed by atoms with Crippen molar-refractivity contribution in [2.75, 3.05) is 31.4 Å². The van der Waals surface area contributed by atoms with Crippen LogP contribution in [-0.2, 0) is 27.0 Å². The fraction of sp³-hybridized carbons (Fsp3) is 0.344. The molecule has 0 saturated carbocycles. The first kappa shape index (κ1) is 24.8. The molecule has 4 heterocycles. The van der Waals surface area contributed by atoms with Crippen LogP contribution in [0, 0.1) is 5.92 Å². The summed E-state index contributed by atoms with van der Waals surface area (Å²) in [7, 11) is 3.08. The number of ketones is 1. The number of hydrogen-bond acceptors (Lipinski definition) is 6. The van der Waals surface area contributed by atoms with E-state index in [1.807, 2.05) is 36.4 Å². The normalized spacial score (nSPS) is 27.9. The van der Waals surface area contributed by atoms with Crippen LogP contribution in [-0.4, -0.2) is 49.3 Å². The van der Waals surface area contributed by atoms with Gasteiger partial charge in [-0.2, -0.15) is 0 Å². The van der Waals surface area contributed by atoms with Gasteiger partial charge >= 0.3 is 0 Å². The molecule has 0 bridgehead atoms. The molecule has 4 aliphatic rings. The number of aryl methyl sites for hydroxylation is 1. The number of ether oxygens (including phenoxy) is 2. The number of carbonyl (C=O) groups excluding carboxylic acids is 3. The average molecular weight is 538 g/mol. The van der Waals surface area contributed by atoms with Crippen molar-refractivity contribution in [3.63, 3.8) is 0 Å². The molecule has 204 valence electrons. The summed E-state index contributed by atoms with van der Waals surface area (Å²) < 4.78 is 10.9. The molecule has 2 spiro atoms. The molecule has 7 rings (SSSR count). The van der Waals surface area contributed by atoms with Gasteiger partial charge in [-0.1, -0.05) is 37.3 Å². The molecule has 0 aliphatic carbocycles. The van der Waals surface area contributed by atoms with E-state index in [1.54, 1.807) is 25.3 Å². The smallest absolute Gasteiger partial charge is 0.251 e. The van der Waals surface area contributed by atoms with Gasteiger partial charge in [0.25, 0.3) is 5.91 Å². The number of amides is 2. The molecule has 4 atom stereocenters. The SMILES string of the molecule is CCc1ccc2c(c1)C1(C(=O)N2)N2CCCC2C(C(=O)c2ccc(OC)c(OC)c2)C12C(=O)Nc1ccccc12.